The second-order valence-corrected chi connectivity index (χ2v) is 4.28. The van der Waals surface area contributed by atoms with Crippen LogP contribution < -0.4 is 5.32 Å². The lowest BCUT2D eigenvalue weighted by atomic mass is 10.1. The molecule has 2 rings (SSSR count). The van der Waals surface area contributed by atoms with E-state index in [4.69, 9.17) is 9.63 Å². The van der Waals surface area contributed by atoms with Crippen LogP contribution >= 0.6 is 0 Å². The lowest BCUT2D eigenvalue weighted by molar-refractivity contribution is 0.102. The molecule has 0 aliphatic rings. The Kier molecular flexibility index (Phi) is 4.30. The Labute approximate surface area is 111 Å². The number of hydrogen-bond donors (Lipinski definition) is 2. The SMILES string of the molecule is Cc1oncc1C(=O)Nc1cccc(CCCO)c1. The van der Waals surface area contributed by atoms with E-state index in [2.05, 4.69) is 10.5 Å². The van der Waals surface area contributed by atoms with E-state index >= 15 is 0 Å². The number of nitrogens with one attached hydrogen (secondary N) is 1. The summed E-state index contributed by atoms with van der Waals surface area (Å²) in [7, 11) is 0. The number of hydrogen-bond acceptors (Lipinski definition) is 4. The highest BCUT2D eigenvalue weighted by Gasteiger charge is 2.12. The highest BCUT2D eigenvalue weighted by Crippen LogP contribution is 2.14. The van der Waals surface area contributed by atoms with Crippen LogP contribution in [0.5, 0.6) is 0 Å². The first-order valence-corrected chi connectivity index (χ1v) is 6.13. The van der Waals surface area contributed by atoms with Crippen molar-refractivity contribution in [3.05, 3.63) is 47.3 Å². The van der Waals surface area contributed by atoms with Gasteiger partial charge in [0.25, 0.3) is 5.91 Å². The molecule has 5 heteroatoms. The summed E-state index contributed by atoms with van der Waals surface area (Å²) < 4.78 is 4.86. The summed E-state index contributed by atoms with van der Waals surface area (Å²) in [6.07, 6.45) is 2.90. The Morgan fingerprint density at radius 1 is 1.47 bits per heavy atom. The molecule has 5 nitrogen and oxygen atoms in total. The highest BCUT2D eigenvalue weighted by atomic mass is 16.5. The average Bonchev–Trinajstić information content (AvgIpc) is 2.83. The van der Waals surface area contributed by atoms with Crippen molar-refractivity contribution in [2.24, 2.45) is 0 Å². The first-order chi connectivity index (χ1) is 9.20. The molecule has 0 spiro atoms. The monoisotopic (exact) mass is 260 g/mol. The number of carbonyl (C=O) groups is 1. The second kappa shape index (κ2) is 6.15. The van der Waals surface area contributed by atoms with Gasteiger partial charge < -0.3 is 14.9 Å². The topological polar surface area (TPSA) is 75.4 Å². The largest absolute Gasteiger partial charge is 0.396 e. The van der Waals surface area contributed by atoms with E-state index in [1.165, 1.54) is 6.20 Å². The second-order valence-electron chi connectivity index (χ2n) is 4.28. The van der Waals surface area contributed by atoms with Crippen molar-refractivity contribution in [3.63, 3.8) is 0 Å². The molecule has 0 fully saturated rings. The molecule has 0 aliphatic carbocycles. The number of amides is 1. The fourth-order valence-corrected chi connectivity index (χ4v) is 1.80. The minimum Gasteiger partial charge on any atom is -0.396 e. The lowest BCUT2D eigenvalue weighted by Gasteiger charge is -2.06. The predicted octanol–water partition coefficient (Wildman–Crippen LogP) is 2.16. The van der Waals surface area contributed by atoms with Gasteiger partial charge in [-0.05, 0) is 37.5 Å². The summed E-state index contributed by atoms with van der Waals surface area (Å²) in [6, 6.07) is 7.57. The van der Waals surface area contributed by atoms with E-state index in [0.29, 0.717) is 17.7 Å². The van der Waals surface area contributed by atoms with Gasteiger partial charge in [0.1, 0.15) is 11.3 Å². The van der Waals surface area contributed by atoms with Crippen molar-refractivity contribution < 1.29 is 14.4 Å². The van der Waals surface area contributed by atoms with Gasteiger partial charge in [-0.25, -0.2) is 0 Å². The molecule has 0 saturated heterocycles. The molecule has 0 unspecified atom stereocenters. The number of aromatic nitrogens is 1. The molecule has 2 N–H and O–H groups in total. The van der Waals surface area contributed by atoms with E-state index in [1.54, 1.807) is 6.92 Å². The summed E-state index contributed by atoms with van der Waals surface area (Å²) in [5.41, 5.74) is 2.23. The average molecular weight is 260 g/mol. The van der Waals surface area contributed by atoms with Crippen molar-refractivity contribution >= 4 is 11.6 Å². The summed E-state index contributed by atoms with van der Waals surface area (Å²) in [5, 5.41) is 15.2. The fourth-order valence-electron chi connectivity index (χ4n) is 1.80. The van der Waals surface area contributed by atoms with Gasteiger partial charge in [-0.2, -0.15) is 0 Å². The van der Waals surface area contributed by atoms with Gasteiger partial charge in [-0.15, -0.1) is 0 Å². The smallest absolute Gasteiger partial charge is 0.260 e. The summed E-state index contributed by atoms with van der Waals surface area (Å²) in [4.78, 5) is 12.0. The third kappa shape index (κ3) is 3.42. The number of aryl methyl sites for hydroxylation is 2. The van der Waals surface area contributed by atoms with Gasteiger partial charge in [0, 0.05) is 12.3 Å². The molecule has 0 saturated carbocycles. The van der Waals surface area contributed by atoms with Gasteiger partial charge in [-0.1, -0.05) is 17.3 Å². The molecule has 1 aromatic heterocycles. The van der Waals surface area contributed by atoms with E-state index < -0.39 is 0 Å². The Hall–Kier alpha value is -2.14. The molecular weight excluding hydrogens is 244 g/mol. The summed E-state index contributed by atoms with van der Waals surface area (Å²) in [6.45, 7) is 1.86. The number of aliphatic hydroxyl groups is 1. The number of rotatable bonds is 5. The Morgan fingerprint density at radius 2 is 2.32 bits per heavy atom. The predicted molar refractivity (Wildman–Crippen MR) is 71.0 cm³/mol. The van der Waals surface area contributed by atoms with Crippen molar-refractivity contribution in [1.82, 2.24) is 5.16 Å². The zero-order chi connectivity index (χ0) is 13.7. The molecular formula is C14H16N2O3. The molecule has 19 heavy (non-hydrogen) atoms. The van der Waals surface area contributed by atoms with Gasteiger partial charge in [0.15, 0.2) is 0 Å². The van der Waals surface area contributed by atoms with E-state index in [9.17, 15) is 4.79 Å². The Bertz CT molecular complexity index is 563. The van der Waals surface area contributed by atoms with Gasteiger partial charge in [0.2, 0.25) is 0 Å². The first kappa shape index (κ1) is 13.3. The minimum absolute atomic E-state index is 0.163. The van der Waals surface area contributed by atoms with Crippen LogP contribution in [0.3, 0.4) is 0 Å². The van der Waals surface area contributed by atoms with Crippen molar-refractivity contribution in [3.8, 4) is 0 Å². The van der Waals surface area contributed by atoms with Crippen molar-refractivity contribution in [2.75, 3.05) is 11.9 Å². The van der Waals surface area contributed by atoms with Crippen molar-refractivity contribution in [2.45, 2.75) is 19.8 Å². The fraction of sp³-hybridized carbons (Fsp3) is 0.286. The molecule has 100 valence electrons. The number of anilines is 1. The lowest BCUT2D eigenvalue weighted by Crippen LogP contribution is -2.12. The quantitative estimate of drug-likeness (QED) is 0.863. The maximum Gasteiger partial charge on any atom is 0.260 e. The van der Waals surface area contributed by atoms with Crippen molar-refractivity contribution in [1.29, 1.82) is 0 Å². The van der Waals surface area contributed by atoms with Crippen LogP contribution in [0.25, 0.3) is 0 Å². The molecule has 0 atom stereocenters. The maximum absolute atomic E-state index is 12.0. The van der Waals surface area contributed by atoms with Crippen LogP contribution in [0, 0.1) is 6.92 Å². The van der Waals surface area contributed by atoms with Crippen LogP contribution in [-0.2, 0) is 6.42 Å². The van der Waals surface area contributed by atoms with Gasteiger partial charge in [-0.3, -0.25) is 4.79 Å². The Balaban J connectivity index is 2.07. The highest BCUT2D eigenvalue weighted by molar-refractivity contribution is 6.04. The minimum atomic E-state index is -0.238. The third-order valence-electron chi connectivity index (χ3n) is 2.80. The number of nitrogens with zero attached hydrogens (tertiary/aromatic N) is 1. The molecule has 0 radical (unpaired) electrons. The van der Waals surface area contributed by atoms with Gasteiger partial charge >= 0.3 is 0 Å². The molecule has 1 amide bonds. The molecule has 1 heterocycles. The van der Waals surface area contributed by atoms with Crippen LogP contribution in [0.15, 0.2) is 35.0 Å². The molecule has 0 bridgehead atoms. The van der Waals surface area contributed by atoms with Crippen LogP contribution in [0.1, 0.15) is 28.1 Å². The number of carbonyl (C=O) groups excluding carboxylic acids is 1. The van der Waals surface area contributed by atoms with E-state index in [-0.39, 0.29) is 12.5 Å². The standard InChI is InChI=1S/C14H16N2O3/c1-10-13(9-15-19-10)14(18)16-12-6-2-4-11(8-12)5-3-7-17/h2,4,6,8-9,17H,3,5,7H2,1H3,(H,16,18). The van der Waals surface area contributed by atoms with Crippen LogP contribution in [-0.4, -0.2) is 22.8 Å². The normalized spacial score (nSPS) is 10.4. The Morgan fingerprint density at radius 3 is 3.00 bits per heavy atom. The van der Waals surface area contributed by atoms with Gasteiger partial charge in [0.05, 0.1) is 6.20 Å². The number of aliphatic hydroxyl groups excluding tert-OH is 1. The third-order valence-corrected chi connectivity index (χ3v) is 2.80. The van der Waals surface area contributed by atoms with Crippen LogP contribution in [0.2, 0.25) is 0 Å². The molecule has 1 aromatic carbocycles. The first-order valence-electron chi connectivity index (χ1n) is 6.13. The molecule has 2 aromatic rings. The number of benzene rings is 1. The van der Waals surface area contributed by atoms with E-state index in [1.807, 2.05) is 24.3 Å². The maximum atomic E-state index is 12.0. The summed E-state index contributed by atoms with van der Waals surface area (Å²) >= 11 is 0. The zero-order valence-corrected chi connectivity index (χ0v) is 10.7. The summed E-state index contributed by atoms with van der Waals surface area (Å²) in [5.74, 6) is 0.256. The van der Waals surface area contributed by atoms with Crippen LogP contribution in [0.4, 0.5) is 5.69 Å². The van der Waals surface area contributed by atoms with E-state index in [0.717, 1.165) is 17.7 Å². The zero-order valence-electron chi connectivity index (χ0n) is 10.7. The molecule has 0 aliphatic heterocycles.